The second kappa shape index (κ2) is 17.0. The molecule has 0 aliphatic rings. The lowest BCUT2D eigenvalue weighted by Crippen LogP contribution is -2.26. The van der Waals surface area contributed by atoms with Crippen molar-refractivity contribution in [3.05, 3.63) is 0 Å². The summed E-state index contributed by atoms with van der Waals surface area (Å²) in [7, 11) is 0. The summed E-state index contributed by atoms with van der Waals surface area (Å²) >= 11 is 0. The lowest BCUT2D eigenvalue weighted by atomic mass is 10.1. The van der Waals surface area contributed by atoms with Gasteiger partial charge in [0.2, 0.25) is 0 Å². The van der Waals surface area contributed by atoms with E-state index in [2.05, 4.69) is 25.7 Å². The fourth-order valence-electron chi connectivity index (χ4n) is 2.47. The summed E-state index contributed by atoms with van der Waals surface area (Å²) in [5.41, 5.74) is 0. The van der Waals surface area contributed by atoms with Crippen LogP contribution in [0.5, 0.6) is 0 Å². The van der Waals surface area contributed by atoms with E-state index >= 15 is 0 Å². The predicted octanol–water partition coefficient (Wildman–Crippen LogP) is 5.61. The molecule has 0 fully saturated rings. The molecule has 0 amide bonds. The predicted molar refractivity (Wildman–Crippen MR) is 90.2 cm³/mol. The van der Waals surface area contributed by atoms with Crippen molar-refractivity contribution in [2.45, 2.75) is 91.4 Å². The minimum absolute atomic E-state index is 0.810. The highest BCUT2D eigenvalue weighted by Gasteiger charge is 1.98. The molecule has 2 heteroatoms. The van der Waals surface area contributed by atoms with Crippen molar-refractivity contribution in [1.82, 2.24) is 4.90 Å². The van der Waals surface area contributed by atoms with Gasteiger partial charge in [-0.3, -0.25) is 4.90 Å². The van der Waals surface area contributed by atoms with Gasteiger partial charge in [0.1, 0.15) is 0 Å². The van der Waals surface area contributed by atoms with Crippen LogP contribution in [-0.4, -0.2) is 31.3 Å². The molecule has 20 heavy (non-hydrogen) atoms. The third-order valence-electron chi connectivity index (χ3n) is 4.06. The van der Waals surface area contributed by atoms with Crippen molar-refractivity contribution in [3.63, 3.8) is 0 Å². The maximum atomic E-state index is 5.69. The van der Waals surface area contributed by atoms with E-state index in [1.165, 1.54) is 70.6 Å². The first kappa shape index (κ1) is 19.9. The van der Waals surface area contributed by atoms with Crippen molar-refractivity contribution in [3.8, 4) is 0 Å². The summed E-state index contributed by atoms with van der Waals surface area (Å²) < 4.78 is 5.69. The summed E-state index contributed by atoms with van der Waals surface area (Å²) in [5, 5.41) is 0. The quantitative estimate of drug-likeness (QED) is 0.270. The minimum atomic E-state index is 0.810. The Morgan fingerprint density at radius 3 is 1.50 bits per heavy atom. The molecule has 0 saturated carbocycles. The second-order valence-corrected chi connectivity index (χ2v) is 5.88. The maximum Gasteiger partial charge on any atom is 0.0990 e. The highest BCUT2D eigenvalue weighted by molar-refractivity contribution is 4.48. The molecule has 0 aromatic rings. The van der Waals surface area contributed by atoms with Crippen LogP contribution in [0.15, 0.2) is 0 Å². The van der Waals surface area contributed by atoms with E-state index in [1.54, 1.807) is 0 Å². The van der Waals surface area contributed by atoms with Crippen LogP contribution in [0.4, 0.5) is 0 Å². The molecule has 2 nitrogen and oxygen atoms in total. The van der Waals surface area contributed by atoms with Crippen LogP contribution in [0.1, 0.15) is 91.4 Å². The Hall–Kier alpha value is -0.0800. The van der Waals surface area contributed by atoms with Gasteiger partial charge in [-0.1, -0.05) is 85.0 Å². The summed E-state index contributed by atoms with van der Waals surface area (Å²) in [6.07, 6.45) is 15.4. The molecular weight excluding hydrogens is 246 g/mol. The van der Waals surface area contributed by atoms with Crippen molar-refractivity contribution in [2.24, 2.45) is 0 Å². The SMILES string of the molecule is CCCCCCCCCCCCCOCN(CC)CC. The highest BCUT2D eigenvalue weighted by atomic mass is 16.5. The largest absolute Gasteiger partial charge is 0.366 e. The number of ether oxygens (including phenoxy) is 1. The second-order valence-electron chi connectivity index (χ2n) is 5.88. The van der Waals surface area contributed by atoms with E-state index in [0.29, 0.717) is 0 Å². The van der Waals surface area contributed by atoms with E-state index < -0.39 is 0 Å². The highest BCUT2D eigenvalue weighted by Crippen LogP contribution is 2.11. The fraction of sp³-hybridized carbons (Fsp3) is 1.00. The van der Waals surface area contributed by atoms with Gasteiger partial charge < -0.3 is 4.74 Å². The number of nitrogens with zero attached hydrogens (tertiary/aromatic N) is 1. The smallest absolute Gasteiger partial charge is 0.0990 e. The standard InChI is InChI=1S/C18H39NO/c1-4-7-8-9-10-11-12-13-14-15-16-17-20-18-19(5-2)6-3/h4-18H2,1-3H3. The van der Waals surface area contributed by atoms with Crippen LogP contribution in [0.3, 0.4) is 0 Å². The molecular formula is C18H39NO. The Balaban J connectivity index is 3.02. The molecule has 0 rings (SSSR count). The van der Waals surface area contributed by atoms with Crippen molar-refractivity contribution in [1.29, 1.82) is 0 Å². The first-order valence-corrected chi connectivity index (χ1v) is 9.15. The molecule has 0 heterocycles. The molecule has 0 bridgehead atoms. The van der Waals surface area contributed by atoms with E-state index in [-0.39, 0.29) is 0 Å². The zero-order valence-electron chi connectivity index (χ0n) is 14.5. The van der Waals surface area contributed by atoms with Gasteiger partial charge in [0.25, 0.3) is 0 Å². The normalized spacial score (nSPS) is 11.4. The lowest BCUT2D eigenvalue weighted by molar-refractivity contribution is 0.0323. The topological polar surface area (TPSA) is 12.5 Å². The average Bonchev–Trinajstić information content (AvgIpc) is 2.48. The molecule has 0 N–H and O–H groups in total. The van der Waals surface area contributed by atoms with E-state index in [9.17, 15) is 0 Å². The van der Waals surface area contributed by atoms with Gasteiger partial charge in [0, 0.05) is 6.61 Å². The first-order valence-electron chi connectivity index (χ1n) is 9.15. The van der Waals surface area contributed by atoms with Crippen molar-refractivity contribution >= 4 is 0 Å². The van der Waals surface area contributed by atoms with Crippen LogP contribution in [0.25, 0.3) is 0 Å². The molecule has 0 radical (unpaired) electrons. The Morgan fingerprint density at radius 2 is 1.05 bits per heavy atom. The monoisotopic (exact) mass is 285 g/mol. The van der Waals surface area contributed by atoms with Gasteiger partial charge in [0.05, 0.1) is 6.73 Å². The van der Waals surface area contributed by atoms with Crippen molar-refractivity contribution < 1.29 is 4.74 Å². The van der Waals surface area contributed by atoms with Gasteiger partial charge >= 0.3 is 0 Å². The zero-order chi connectivity index (χ0) is 14.9. The Kier molecular flexibility index (Phi) is 16.9. The third kappa shape index (κ3) is 14.3. The van der Waals surface area contributed by atoms with Gasteiger partial charge in [-0.25, -0.2) is 0 Å². The zero-order valence-corrected chi connectivity index (χ0v) is 14.5. The van der Waals surface area contributed by atoms with Crippen LogP contribution >= 0.6 is 0 Å². The average molecular weight is 286 g/mol. The van der Waals surface area contributed by atoms with Crippen LogP contribution in [-0.2, 0) is 4.74 Å². The third-order valence-corrected chi connectivity index (χ3v) is 4.06. The van der Waals surface area contributed by atoms with Crippen LogP contribution in [0.2, 0.25) is 0 Å². The van der Waals surface area contributed by atoms with Gasteiger partial charge in [0.15, 0.2) is 0 Å². The minimum Gasteiger partial charge on any atom is -0.366 e. The lowest BCUT2D eigenvalue weighted by Gasteiger charge is -2.17. The number of hydrogen-bond donors (Lipinski definition) is 0. The van der Waals surface area contributed by atoms with Gasteiger partial charge in [-0.05, 0) is 19.5 Å². The Morgan fingerprint density at radius 1 is 0.600 bits per heavy atom. The molecule has 0 saturated heterocycles. The van der Waals surface area contributed by atoms with Crippen LogP contribution in [0, 0.1) is 0 Å². The Labute approximate surface area is 128 Å². The molecule has 0 aromatic heterocycles. The fourth-order valence-corrected chi connectivity index (χ4v) is 2.47. The summed E-state index contributed by atoms with van der Waals surface area (Å²) in [6, 6.07) is 0. The van der Waals surface area contributed by atoms with E-state index in [4.69, 9.17) is 4.74 Å². The molecule has 0 spiro atoms. The molecule has 0 aromatic carbocycles. The van der Waals surface area contributed by atoms with Gasteiger partial charge in [-0.15, -0.1) is 0 Å². The summed E-state index contributed by atoms with van der Waals surface area (Å²) in [6.45, 7) is 10.6. The summed E-state index contributed by atoms with van der Waals surface area (Å²) in [4.78, 5) is 2.32. The number of rotatable bonds is 16. The number of unbranched alkanes of at least 4 members (excludes halogenated alkanes) is 10. The van der Waals surface area contributed by atoms with Crippen LogP contribution < -0.4 is 0 Å². The first-order chi connectivity index (χ1) is 9.85. The Bertz CT molecular complexity index is 169. The van der Waals surface area contributed by atoms with Crippen molar-refractivity contribution in [2.75, 3.05) is 26.4 Å². The van der Waals surface area contributed by atoms with E-state index in [1.807, 2.05) is 0 Å². The van der Waals surface area contributed by atoms with Gasteiger partial charge in [-0.2, -0.15) is 0 Å². The molecule has 0 unspecified atom stereocenters. The molecule has 122 valence electrons. The summed E-state index contributed by atoms with van der Waals surface area (Å²) in [5.74, 6) is 0. The number of hydrogen-bond acceptors (Lipinski definition) is 2. The molecule has 0 atom stereocenters. The maximum absolute atomic E-state index is 5.69. The van der Waals surface area contributed by atoms with E-state index in [0.717, 1.165) is 26.4 Å². The molecule has 0 aliphatic heterocycles. The molecule has 0 aliphatic carbocycles.